The van der Waals surface area contributed by atoms with E-state index in [2.05, 4.69) is 49.4 Å². The van der Waals surface area contributed by atoms with Crippen molar-refractivity contribution in [3.63, 3.8) is 0 Å². The van der Waals surface area contributed by atoms with Gasteiger partial charge in [0.15, 0.2) is 0 Å². The first-order chi connectivity index (χ1) is 10.0. The zero-order chi connectivity index (χ0) is 15.4. The number of amides is 1. The van der Waals surface area contributed by atoms with Crippen molar-refractivity contribution in [1.82, 2.24) is 5.43 Å². The summed E-state index contributed by atoms with van der Waals surface area (Å²) in [5.74, 6) is 4.85. The van der Waals surface area contributed by atoms with Crippen LogP contribution in [0.2, 0.25) is 0 Å². The van der Waals surface area contributed by atoms with Crippen molar-refractivity contribution in [2.45, 2.75) is 20.4 Å². The van der Waals surface area contributed by atoms with E-state index >= 15 is 0 Å². The van der Waals surface area contributed by atoms with Gasteiger partial charge in [0.25, 0.3) is 5.91 Å². The van der Waals surface area contributed by atoms with Crippen LogP contribution in [-0.2, 0) is 6.54 Å². The number of hydrogen-bond donors (Lipinski definition) is 2. The van der Waals surface area contributed by atoms with Crippen LogP contribution in [0.25, 0.3) is 0 Å². The third-order valence-electron chi connectivity index (χ3n) is 3.53. The fraction of sp³-hybridized carbons (Fsp3) is 0.235. The van der Waals surface area contributed by atoms with Gasteiger partial charge in [-0.25, -0.2) is 5.84 Å². The minimum absolute atomic E-state index is 0.274. The second-order valence-electron chi connectivity index (χ2n) is 5.32. The Balaban J connectivity index is 2.12. The third-order valence-corrected chi connectivity index (χ3v) is 3.53. The molecular weight excluding hydrogens is 262 g/mol. The highest BCUT2D eigenvalue weighted by atomic mass is 16.2. The highest BCUT2D eigenvalue weighted by molar-refractivity contribution is 5.93. The summed E-state index contributed by atoms with van der Waals surface area (Å²) in [6.45, 7) is 5.00. The molecule has 2 aromatic rings. The average Bonchev–Trinajstić information content (AvgIpc) is 2.47. The highest BCUT2D eigenvalue weighted by Gasteiger charge is 2.07. The van der Waals surface area contributed by atoms with Crippen molar-refractivity contribution < 1.29 is 4.79 Å². The summed E-state index contributed by atoms with van der Waals surface area (Å²) in [7, 11) is 2.07. The van der Waals surface area contributed by atoms with Gasteiger partial charge in [0, 0.05) is 24.8 Å². The lowest BCUT2D eigenvalue weighted by Crippen LogP contribution is -2.29. The SMILES string of the molecule is Cc1ccc(N(C)Cc2ccc(C(=O)NN)cc2)c(C)c1. The lowest BCUT2D eigenvalue weighted by atomic mass is 10.1. The molecule has 0 aliphatic heterocycles. The first-order valence-electron chi connectivity index (χ1n) is 6.89. The van der Waals surface area contributed by atoms with E-state index in [4.69, 9.17) is 5.84 Å². The van der Waals surface area contributed by atoms with Crippen LogP contribution in [0.5, 0.6) is 0 Å². The van der Waals surface area contributed by atoms with Gasteiger partial charge in [0.05, 0.1) is 0 Å². The molecule has 4 nitrogen and oxygen atoms in total. The van der Waals surface area contributed by atoms with Gasteiger partial charge in [-0.1, -0.05) is 29.8 Å². The van der Waals surface area contributed by atoms with E-state index in [0.29, 0.717) is 5.56 Å². The van der Waals surface area contributed by atoms with Crippen LogP contribution in [0, 0.1) is 13.8 Å². The van der Waals surface area contributed by atoms with Crippen LogP contribution in [-0.4, -0.2) is 13.0 Å². The van der Waals surface area contributed by atoms with Crippen LogP contribution in [0.1, 0.15) is 27.0 Å². The number of benzene rings is 2. The number of hydrazine groups is 1. The monoisotopic (exact) mass is 283 g/mol. The van der Waals surface area contributed by atoms with E-state index in [-0.39, 0.29) is 5.91 Å². The summed E-state index contributed by atoms with van der Waals surface area (Å²) in [6, 6.07) is 13.9. The quantitative estimate of drug-likeness (QED) is 0.515. The minimum atomic E-state index is -0.274. The fourth-order valence-electron chi connectivity index (χ4n) is 2.44. The number of nitrogens with two attached hydrogens (primary N) is 1. The summed E-state index contributed by atoms with van der Waals surface area (Å²) in [6.07, 6.45) is 0. The van der Waals surface area contributed by atoms with Crippen molar-refractivity contribution in [3.8, 4) is 0 Å². The summed E-state index contributed by atoms with van der Waals surface area (Å²) in [4.78, 5) is 13.6. The van der Waals surface area contributed by atoms with Crippen molar-refractivity contribution in [3.05, 3.63) is 64.7 Å². The normalized spacial score (nSPS) is 10.3. The molecule has 0 fully saturated rings. The van der Waals surface area contributed by atoms with Gasteiger partial charge in [-0.3, -0.25) is 10.2 Å². The smallest absolute Gasteiger partial charge is 0.265 e. The maximum absolute atomic E-state index is 11.4. The molecule has 1 amide bonds. The third kappa shape index (κ3) is 3.61. The number of nitrogens with zero attached hydrogens (tertiary/aromatic N) is 1. The number of rotatable bonds is 4. The Morgan fingerprint density at radius 2 is 1.81 bits per heavy atom. The molecule has 0 saturated carbocycles. The minimum Gasteiger partial charge on any atom is -0.370 e. The Labute approximate surface area is 125 Å². The maximum atomic E-state index is 11.4. The van der Waals surface area contributed by atoms with E-state index in [1.165, 1.54) is 16.8 Å². The predicted molar refractivity (Wildman–Crippen MR) is 86.1 cm³/mol. The van der Waals surface area contributed by atoms with Crippen LogP contribution >= 0.6 is 0 Å². The van der Waals surface area contributed by atoms with Gasteiger partial charge in [-0.15, -0.1) is 0 Å². The van der Waals surface area contributed by atoms with Crippen molar-refractivity contribution in [2.24, 2.45) is 5.84 Å². The molecule has 0 atom stereocenters. The largest absolute Gasteiger partial charge is 0.370 e. The van der Waals surface area contributed by atoms with Gasteiger partial charge >= 0.3 is 0 Å². The van der Waals surface area contributed by atoms with E-state index in [9.17, 15) is 4.79 Å². The van der Waals surface area contributed by atoms with Crippen LogP contribution in [0.3, 0.4) is 0 Å². The van der Waals surface area contributed by atoms with E-state index in [1.807, 2.05) is 12.1 Å². The number of nitrogens with one attached hydrogen (secondary N) is 1. The molecule has 3 N–H and O–H groups in total. The summed E-state index contributed by atoms with van der Waals surface area (Å²) >= 11 is 0. The first kappa shape index (κ1) is 15.1. The molecule has 2 rings (SSSR count). The number of carbonyl (C=O) groups excluding carboxylic acids is 1. The van der Waals surface area contributed by atoms with Gasteiger partial charge in [0.2, 0.25) is 0 Å². The second kappa shape index (κ2) is 6.41. The number of anilines is 1. The Hall–Kier alpha value is -2.33. The summed E-state index contributed by atoms with van der Waals surface area (Å²) in [5.41, 5.74) is 7.58. The van der Waals surface area contributed by atoms with Crippen LogP contribution in [0.15, 0.2) is 42.5 Å². The molecule has 0 heterocycles. The molecule has 0 aromatic heterocycles. The van der Waals surface area contributed by atoms with Gasteiger partial charge < -0.3 is 4.90 Å². The Bertz CT molecular complexity index is 635. The summed E-state index contributed by atoms with van der Waals surface area (Å²) in [5, 5.41) is 0. The molecule has 0 saturated heterocycles. The van der Waals surface area contributed by atoms with E-state index < -0.39 is 0 Å². The highest BCUT2D eigenvalue weighted by Crippen LogP contribution is 2.21. The molecular formula is C17H21N3O. The van der Waals surface area contributed by atoms with Crippen molar-refractivity contribution >= 4 is 11.6 Å². The number of carbonyl (C=O) groups is 1. The lowest BCUT2D eigenvalue weighted by molar-refractivity contribution is 0.0953. The van der Waals surface area contributed by atoms with Crippen molar-refractivity contribution in [1.29, 1.82) is 0 Å². The second-order valence-corrected chi connectivity index (χ2v) is 5.32. The van der Waals surface area contributed by atoms with Crippen LogP contribution in [0.4, 0.5) is 5.69 Å². The number of aryl methyl sites for hydroxylation is 2. The molecule has 0 aliphatic carbocycles. The number of nitrogen functional groups attached to an aromatic ring is 1. The molecule has 0 radical (unpaired) electrons. The molecule has 4 heteroatoms. The lowest BCUT2D eigenvalue weighted by Gasteiger charge is -2.22. The Kier molecular flexibility index (Phi) is 4.60. The fourth-order valence-corrected chi connectivity index (χ4v) is 2.44. The molecule has 0 aliphatic rings. The maximum Gasteiger partial charge on any atom is 0.265 e. The Morgan fingerprint density at radius 1 is 1.14 bits per heavy atom. The van der Waals surface area contributed by atoms with Gasteiger partial charge in [0.1, 0.15) is 0 Å². The predicted octanol–water partition coefficient (Wildman–Crippen LogP) is 2.54. The Morgan fingerprint density at radius 3 is 2.38 bits per heavy atom. The van der Waals surface area contributed by atoms with Gasteiger partial charge in [-0.05, 0) is 43.2 Å². The van der Waals surface area contributed by atoms with Crippen LogP contribution < -0.4 is 16.2 Å². The molecule has 21 heavy (non-hydrogen) atoms. The van der Waals surface area contributed by atoms with Crippen molar-refractivity contribution in [2.75, 3.05) is 11.9 Å². The standard InChI is InChI=1S/C17H21N3O/c1-12-4-9-16(13(2)10-12)20(3)11-14-5-7-15(8-6-14)17(21)19-18/h4-10H,11,18H2,1-3H3,(H,19,21). The van der Waals surface area contributed by atoms with Gasteiger partial charge in [-0.2, -0.15) is 0 Å². The molecule has 2 aromatic carbocycles. The summed E-state index contributed by atoms with van der Waals surface area (Å²) < 4.78 is 0. The molecule has 110 valence electrons. The zero-order valence-electron chi connectivity index (χ0n) is 12.7. The topological polar surface area (TPSA) is 58.4 Å². The molecule has 0 spiro atoms. The number of hydrogen-bond acceptors (Lipinski definition) is 3. The first-order valence-corrected chi connectivity index (χ1v) is 6.89. The average molecular weight is 283 g/mol. The molecule has 0 unspecified atom stereocenters. The zero-order valence-corrected chi connectivity index (χ0v) is 12.7. The van der Waals surface area contributed by atoms with E-state index in [1.54, 1.807) is 12.1 Å². The van der Waals surface area contributed by atoms with E-state index in [0.717, 1.165) is 12.1 Å². The molecule has 0 bridgehead atoms.